The maximum Gasteiger partial charge on any atom is 0.235 e. The van der Waals surface area contributed by atoms with Gasteiger partial charge in [0.05, 0.1) is 19.5 Å². The van der Waals surface area contributed by atoms with E-state index in [1.807, 2.05) is 0 Å². The quantitative estimate of drug-likeness (QED) is 0.702. The normalized spacial score (nSPS) is 16.4. The third-order valence-electron chi connectivity index (χ3n) is 1.83. The molecule has 0 aromatic carbocycles. The van der Waals surface area contributed by atoms with E-state index >= 15 is 0 Å². The van der Waals surface area contributed by atoms with E-state index in [-0.39, 0.29) is 6.10 Å². The van der Waals surface area contributed by atoms with Crippen LogP contribution >= 0.6 is 0 Å². The van der Waals surface area contributed by atoms with Crippen LogP contribution in [0.3, 0.4) is 0 Å². The molecule has 1 fully saturated rings. The van der Waals surface area contributed by atoms with Gasteiger partial charge in [-0.05, 0) is 0 Å². The Morgan fingerprint density at radius 2 is 2.15 bits per heavy atom. The Kier molecular flexibility index (Phi) is 2.27. The largest absolute Gasteiger partial charge is 0.480 e. The highest BCUT2D eigenvalue weighted by Gasteiger charge is 2.18. The van der Waals surface area contributed by atoms with Gasteiger partial charge in [-0.2, -0.15) is 4.98 Å². The third kappa shape index (κ3) is 1.86. The molecule has 1 aliphatic rings. The Morgan fingerprint density at radius 3 is 2.77 bits per heavy atom. The van der Waals surface area contributed by atoms with Crippen molar-refractivity contribution in [3.8, 4) is 11.8 Å². The van der Waals surface area contributed by atoms with Crippen molar-refractivity contribution in [1.29, 1.82) is 0 Å². The molecule has 1 aliphatic heterocycles. The molecule has 0 radical (unpaired) electrons. The smallest absolute Gasteiger partial charge is 0.235 e. The van der Waals surface area contributed by atoms with Gasteiger partial charge in [0.15, 0.2) is 0 Å². The fraction of sp³-hybridized carbons (Fsp3) is 0.500. The van der Waals surface area contributed by atoms with E-state index in [9.17, 15) is 0 Å². The second-order valence-corrected chi connectivity index (χ2v) is 2.80. The van der Waals surface area contributed by atoms with E-state index in [0.29, 0.717) is 11.8 Å². The summed E-state index contributed by atoms with van der Waals surface area (Å²) in [5.41, 5.74) is 0. The van der Waals surface area contributed by atoms with Crippen LogP contribution in [0.15, 0.2) is 12.4 Å². The van der Waals surface area contributed by atoms with E-state index in [1.165, 1.54) is 0 Å². The maximum atomic E-state index is 5.48. The fourth-order valence-electron chi connectivity index (χ4n) is 1.00. The first-order valence-electron chi connectivity index (χ1n) is 4.12. The highest BCUT2D eigenvalue weighted by molar-refractivity contribution is 5.13. The number of nitrogens with one attached hydrogen (secondary N) is 1. The molecule has 0 atom stereocenters. The number of methoxy groups -OCH3 is 1. The highest BCUT2D eigenvalue weighted by Crippen LogP contribution is 2.12. The number of hydrogen-bond donors (Lipinski definition) is 1. The Bertz CT molecular complexity index is 288. The third-order valence-corrected chi connectivity index (χ3v) is 1.83. The predicted octanol–water partition coefficient (Wildman–Crippen LogP) is -0.164. The van der Waals surface area contributed by atoms with Gasteiger partial charge in [-0.25, -0.2) is 0 Å². The van der Waals surface area contributed by atoms with E-state index in [1.54, 1.807) is 19.5 Å². The number of hydrogen-bond acceptors (Lipinski definition) is 5. The molecule has 0 saturated carbocycles. The Labute approximate surface area is 76.1 Å². The number of nitrogens with zero attached hydrogens (tertiary/aromatic N) is 2. The van der Waals surface area contributed by atoms with Gasteiger partial charge in [-0.3, -0.25) is 4.98 Å². The van der Waals surface area contributed by atoms with Gasteiger partial charge < -0.3 is 14.8 Å². The molecule has 2 heterocycles. The molecule has 0 spiro atoms. The van der Waals surface area contributed by atoms with Crippen molar-refractivity contribution >= 4 is 0 Å². The summed E-state index contributed by atoms with van der Waals surface area (Å²) in [5.74, 6) is 0.996. The van der Waals surface area contributed by atoms with Crippen molar-refractivity contribution in [2.24, 2.45) is 0 Å². The van der Waals surface area contributed by atoms with Crippen LogP contribution in [-0.4, -0.2) is 36.3 Å². The van der Waals surface area contributed by atoms with Crippen molar-refractivity contribution in [3.63, 3.8) is 0 Å². The molecule has 1 aromatic heterocycles. The van der Waals surface area contributed by atoms with Crippen molar-refractivity contribution in [3.05, 3.63) is 12.4 Å². The monoisotopic (exact) mass is 181 g/mol. The molecule has 0 unspecified atom stereocenters. The predicted molar refractivity (Wildman–Crippen MR) is 45.9 cm³/mol. The van der Waals surface area contributed by atoms with Gasteiger partial charge in [-0.15, -0.1) is 0 Å². The Balaban J connectivity index is 2.01. The van der Waals surface area contributed by atoms with E-state index in [2.05, 4.69) is 15.3 Å². The lowest BCUT2D eigenvalue weighted by atomic mass is 10.2. The molecule has 1 N–H and O–H groups in total. The van der Waals surface area contributed by atoms with Crippen LogP contribution in [0.4, 0.5) is 0 Å². The van der Waals surface area contributed by atoms with Crippen molar-refractivity contribution < 1.29 is 9.47 Å². The summed E-state index contributed by atoms with van der Waals surface area (Å²) in [5, 5.41) is 3.11. The van der Waals surface area contributed by atoms with Crippen molar-refractivity contribution in [2.45, 2.75) is 6.10 Å². The van der Waals surface area contributed by atoms with Gasteiger partial charge in [0, 0.05) is 13.1 Å². The lowest BCUT2D eigenvalue weighted by Crippen LogP contribution is -2.50. The Morgan fingerprint density at radius 1 is 1.38 bits per heavy atom. The molecule has 5 nitrogen and oxygen atoms in total. The molecule has 0 aliphatic carbocycles. The SMILES string of the molecule is COc1cncc(OC2CNC2)n1. The molecular formula is C8H11N3O2. The topological polar surface area (TPSA) is 56.3 Å². The minimum atomic E-state index is 0.224. The zero-order chi connectivity index (χ0) is 9.10. The second kappa shape index (κ2) is 3.57. The molecule has 1 aromatic rings. The molecule has 70 valence electrons. The molecule has 0 bridgehead atoms. The number of rotatable bonds is 3. The van der Waals surface area contributed by atoms with Gasteiger partial charge >= 0.3 is 0 Å². The van der Waals surface area contributed by atoms with Crippen molar-refractivity contribution in [2.75, 3.05) is 20.2 Å². The van der Waals surface area contributed by atoms with Crippen LogP contribution in [0, 0.1) is 0 Å². The lowest BCUT2D eigenvalue weighted by molar-refractivity contribution is 0.134. The van der Waals surface area contributed by atoms with E-state index < -0.39 is 0 Å². The zero-order valence-electron chi connectivity index (χ0n) is 7.36. The van der Waals surface area contributed by atoms with Crippen LogP contribution in [0.1, 0.15) is 0 Å². The standard InChI is InChI=1S/C8H11N3O2/c1-12-7-4-10-5-8(11-7)13-6-2-9-3-6/h4-6,9H,2-3H2,1H3. The van der Waals surface area contributed by atoms with E-state index in [4.69, 9.17) is 9.47 Å². The zero-order valence-corrected chi connectivity index (χ0v) is 7.36. The van der Waals surface area contributed by atoms with Gasteiger partial charge in [0.25, 0.3) is 0 Å². The minimum Gasteiger partial charge on any atom is -0.480 e. The number of ether oxygens (including phenoxy) is 2. The molecule has 13 heavy (non-hydrogen) atoms. The summed E-state index contributed by atoms with van der Waals surface area (Å²) in [4.78, 5) is 8.01. The highest BCUT2D eigenvalue weighted by atomic mass is 16.5. The summed E-state index contributed by atoms with van der Waals surface area (Å²) >= 11 is 0. The molecule has 0 amide bonds. The summed E-state index contributed by atoms with van der Waals surface area (Å²) in [6.45, 7) is 1.75. The summed E-state index contributed by atoms with van der Waals surface area (Å²) in [7, 11) is 1.55. The van der Waals surface area contributed by atoms with Crippen LogP contribution in [0.5, 0.6) is 11.8 Å². The average Bonchev–Trinajstić information content (AvgIpc) is 2.12. The van der Waals surface area contributed by atoms with Crippen LogP contribution in [-0.2, 0) is 0 Å². The van der Waals surface area contributed by atoms with E-state index in [0.717, 1.165) is 13.1 Å². The van der Waals surface area contributed by atoms with Crippen LogP contribution in [0.2, 0.25) is 0 Å². The van der Waals surface area contributed by atoms with Crippen LogP contribution < -0.4 is 14.8 Å². The molecule has 1 saturated heterocycles. The Hall–Kier alpha value is -1.36. The minimum absolute atomic E-state index is 0.224. The molecule has 2 rings (SSSR count). The second-order valence-electron chi connectivity index (χ2n) is 2.80. The fourth-order valence-corrected chi connectivity index (χ4v) is 1.00. The summed E-state index contributed by atoms with van der Waals surface area (Å²) < 4.78 is 10.4. The first kappa shape index (κ1) is 8.25. The lowest BCUT2D eigenvalue weighted by Gasteiger charge is -2.26. The summed E-state index contributed by atoms with van der Waals surface area (Å²) in [6, 6.07) is 0. The first-order valence-corrected chi connectivity index (χ1v) is 4.12. The molecule has 5 heteroatoms. The summed E-state index contributed by atoms with van der Waals surface area (Å²) in [6.07, 6.45) is 3.36. The van der Waals surface area contributed by atoms with Gasteiger partial charge in [-0.1, -0.05) is 0 Å². The number of aromatic nitrogens is 2. The first-order chi connectivity index (χ1) is 6.38. The van der Waals surface area contributed by atoms with Crippen LogP contribution in [0.25, 0.3) is 0 Å². The molecular weight excluding hydrogens is 170 g/mol. The maximum absolute atomic E-state index is 5.48. The van der Waals surface area contributed by atoms with Crippen molar-refractivity contribution in [1.82, 2.24) is 15.3 Å². The average molecular weight is 181 g/mol. The van der Waals surface area contributed by atoms with Gasteiger partial charge in [0.1, 0.15) is 6.10 Å². The van der Waals surface area contributed by atoms with Gasteiger partial charge in [0.2, 0.25) is 11.8 Å².